The van der Waals surface area contributed by atoms with Gasteiger partial charge in [0.2, 0.25) is 0 Å². The first-order valence-corrected chi connectivity index (χ1v) is 9.93. The summed E-state index contributed by atoms with van der Waals surface area (Å²) >= 11 is 1.67. The van der Waals surface area contributed by atoms with Crippen LogP contribution in [0.15, 0.2) is 6.33 Å². The lowest BCUT2D eigenvalue weighted by Gasteiger charge is -2.20. The lowest BCUT2D eigenvalue weighted by atomic mass is 9.87. The summed E-state index contributed by atoms with van der Waals surface area (Å²) in [7, 11) is 0. The van der Waals surface area contributed by atoms with E-state index in [2.05, 4.69) is 29.1 Å². The molecule has 3 heterocycles. The van der Waals surface area contributed by atoms with E-state index in [9.17, 15) is 0 Å². The normalized spacial score (nSPS) is 14.4. The highest BCUT2D eigenvalue weighted by Crippen LogP contribution is 2.40. The molecule has 1 aliphatic carbocycles. The maximum atomic E-state index is 9.10. The van der Waals surface area contributed by atoms with Crippen LogP contribution in [0.25, 0.3) is 20.4 Å². The minimum absolute atomic E-state index is 0.0859. The first-order valence-electron chi connectivity index (χ1n) is 9.11. The molecule has 6 heteroatoms. The topological polar surface area (TPSA) is 70.9 Å². The summed E-state index contributed by atoms with van der Waals surface area (Å²) in [6, 6.07) is 0. The third-order valence-electron chi connectivity index (χ3n) is 4.81. The van der Waals surface area contributed by atoms with Gasteiger partial charge >= 0.3 is 0 Å². The quantitative estimate of drug-likeness (QED) is 0.729. The Hall–Kier alpha value is -1.79. The number of hydrogen-bond donors (Lipinski definition) is 2. The molecule has 0 aromatic carbocycles. The highest BCUT2D eigenvalue weighted by Gasteiger charge is 2.23. The Morgan fingerprint density at radius 2 is 2.00 bits per heavy atom. The van der Waals surface area contributed by atoms with Crippen LogP contribution in [0.5, 0.6) is 0 Å². The fourth-order valence-electron chi connectivity index (χ4n) is 3.79. The number of nitrogens with one attached hydrogen (secondary N) is 1. The van der Waals surface area contributed by atoms with Crippen LogP contribution in [0.1, 0.15) is 43.5 Å². The Bertz CT molecular complexity index is 919. The molecule has 0 aliphatic heterocycles. The molecule has 0 saturated heterocycles. The van der Waals surface area contributed by atoms with E-state index >= 15 is 0 Å². The summed E-state index contributed by atoms with van der Waals surface area (Å²) in [5.41, 5.74) is 5.22. The van der Waals surface area contributed by atoms with Gasteiger partial charge in [0.25, 0.3) is 0 Å². The fraction of sp³-hybridized carbons (Fsp3) is 0.526. The summed E-state index contributed by atoms with van der Waals surface area (Å²) in [6.45, 7) is 5.09. The van der Waals surface area contributed by atoms with Gasteiger partial charge in [-0.05, 0) is 49.1 Å². The number of hydrogen-bond acceptors (Lipinski definition) is 6. The van der Waals surface area contributed by atoms with Crippen molar-refractivity contribution >= 4 is 37.6 Å². The van der Waals surface area contributed by atoms with Gasteiger partial charge in [0.1, 0.15) is 17.0 Å². The molecule has 0 fully saturated rings. The lowest BCUT2D eigenvalue weighted by molar-refractivity contribution is 0.311. The van der Waals surface area contributed by atoms with E-state index in [4.69, 9.17) is 10.1 Å². The molecular formula is C19H24N4OS. The van der Waals surface area contributed by atoms with E-state index in [-0.39, 0.29) is 6.61 Å². The number of nitrogens with zero attached hydrogens (tertiary/aromatic N) is 3. The number of rotatable bonds is 5. The van der Waals surface area contributed by atoms with E-state index in [0.29, 0.717) is 12.5 Å². The van der Waals surface area contributed by atoms with Crippen molar-refractivity contribution < 1.29 is 5.11 Å². The summed E-state index contributed by atoms with van der Waals surface area (Å²) in [4.78, 5) is 15.1. The minimum atomic E-state index is 0.0859. The van der Waals surface area contributed by atoms with Gasteiger partial charge in [-0.3, -0.25) is 0 Å². The number of aliphatic hydroxyl groups excluding tert-OH is 1. The van der Waals surface area contributed by atoms with Crippen LogP contribution in [0.4, 0.5) is 5.82 Å². The number of aromatic nitrogens is 3. The first-order chi connectivity index (χ1) is 12.2. The monoisotopic (exact) mass is 356 g/mol. The van der Waals surface area contributed by atoms with Gasteiger partial charge in [-0.2, -0.15) is 0 Å². The first kappa shape index (κ1) is 16.7. The smallest absolute Gasteiger partial charge is 0.147 e. The summed E-state index contributed by atoms with van der Waals surface area (Å²) in [5, 5.41) is 13.5. The maximum absolute atomic E-state index is 9.10. The molecule has 132 valence electrons. The number of aliphatic hydroxyl groups is 1. The molecule has 5 nitrogen and oxygen atoms in total. The molecule has 0 unspecified atom stereocenters. The van der Waals surface area contributed by atoms with Crippen molar-refractivity contribution in [2.75, 3.05) is 18.5 Å². The third kappa shape index (κ3) is 2.98. The van der Waals surface area contributed by atoms with Crippen LogP contribution in [-0.4, -0.2) is 33.2 Å². The van der Waals surface area contributed by atoms with Crippen LogP contribution >= 0.6 is 11.3 Å². The summed E-state index contributed by atoms with van der Waals surface area (Å²) in [5.74, 6) is 1.41. The molecule has 0 spiro atoms. The molecule has 0 radical (unpaired) electrons. The number of anilines is 1. The highest BCUT2D eigenvalue weighted by molar-refractivity contribution is 7.26. The van der Waals surface area contributed by atoms with Gasteiger partial charge in [-0.25, -0.2) is 15.0 Å². The van der Waals surface area contributed by atoms with Gasteiger partial charge in [0, 0.05) is 17.6 Å². The lowest BCUT2D eigenvalue weighted by Crippen LogP contribution is -2.11. The number of pyridine rings is 1. The Labute approximate surface area is 151 Å². The zero-order valence-corrected chi connectivity index (χ0v) is 15.6. The SMILES string of the molecule is CC(C)Cc1nc2sc3c(NCCO)ncnc3c2c2c1CCCC2. The molecule has 0 saturated carbocycles. The molecule has 4 rings (SSSR count). The average molecular weight is 356 g/mol. The molecule has 25 heavy (non-hydrogen) atoms. The molecule has 3 aromatic heterocycles. The van der Waals surface area contributed by atoms with Crippen LogP contribution in [0.3, 0.4) is 0 Å². The second-order valence-electron chi connectivity index (χ2n) is 7.15. The van der Waals surface area contributed by atoms with Gasteiger partial charge in [0.15, 0.2) is 0 Å². The number of thiophene rings is 1. The van der Waals surface area contributed by atoms with Crippen molar-refractivity contribution in [2.24, 2.45) is 5.92 Å². The van der Waals surface area contributed by atoms with Crippen molar-refractivity contribution in [3.63, 3.8) is 0 Å². The van der Waals surface area contributed by atoms with Crippen molar-refractivity contribution in [2.45, 2.75) is 46.0 Å². The molecular weight excluding hydrogens is 332 g/mol. The van der Waals surface area contributed by atoms with E-state index in [1.807, 2.05) is 0 Å². The molecule has 2 N–H and O–H groups in total. The molecule has 0 atom stereocenters. The second-order valence-corrected chi connectivity index (χ2v) is 8.15. The Balaban J connectivity index is 1.97. The zero-order chi connectivity index (χ0) is 17.4. The van der Waals surface area contributed by atoms with Gasteiger partial charge in [-0.15, -0.1) is 11.3 Å². The molecule has 1 aliphatic rings. The van der Waals surface area contributed by atoms with Gasteiger partial charge in [0.05, 0.1) is 16.8 Å². The highest BCUT2D eigenvalue weighted by atomic mass is 32.1. The summed E-state index contributed by atoms with van der Waals surface area (Å²) < 4.78 is 1.05. The van der Waals surface area contributed by atoms with E-state index in [0.717, 1.165) is 40.1 Å². The largest absolute Gasteiger partial charge is 0.395 e. The fourth-order valence-corrected chi connectivity index (χ4v) is 4.94. The van der Waals surface area contributed by atoms with Crippen molar-refractivity contribution in [3.05, 3.63) is 23.1 Å². The van der Waals surface area contributed by atoms with Gasteiger partial charge in [-0.1, -0.05) is 13.8 Å². The van der Waals surface area contributed by atoms with Crippen molar-refractivity contribution in [3.8, 4) is 0 Å². The van der Waals surface area contributed by atoms with Gasteiger partial charge < -0.3 is 10.4 Å². The number of aryl methyl sites for hydroxylation is 1. The summed E-state index contributed by atoms with van der Waals surface area (Å²) in [6.07, 6.45) is 7.41. The standard InChI is InChI=1S/C19H24N4OS/c1-11(2)9-14-12-5-3-4-6-13(12)15-16-17(25-19(15)23-14)18(20-7-8-24)22-10-21-16/h10-11,24H,3-9H2,1-2H3,(H,20,21,22). The predicted octanol–water partition coefficient (Wildman–Crippen LogP) is 3.72. The molecule has 3 aromatic rings. The zero-order valence-electron chi connectivity index (χ0n) is 14.8. The van der Waals surface area contributed by atoms with Crippen LogP contribution in [-0.2, 0) is 19.3 Å². The average Bonchev–Trinajstić information content (AvgIpc) is 2.98. The number of fused-ring (bicyclic) bond motifs is 5. The second kappa shape index (κ2) is 6.84. The van der Waals surface area contributed by atoms with Crippen molar-refractivity contribution in [1.82, 2.24) is 15.0 Å². The minimum Gasteiger partial charge on any atom is -0.395 e. The molecule has 0 bridgehead atoms. The van der Waals surface area contributed by atoms with Crippen LogP contribution in [0, 0.1) is 5.92 Å². The van der Waals surface area contributed by atoms with E-state index in [1.54, 1.807) is 17.7 Å². The Kier molecular flexibility index (Phi) is 4.56. The van der Waals surface area contributed by atoms with Crippen LogP contribution < -0.4 is 5.32 Å². The van der Waals surface area contributed by atoms with Crippen LogP contribution in [0.2, 0.25) is 0 Å². The Morgan fingerprint density at radius 1 is 1.20 bits per heavy atom. The predicted molar refractivity (Wildman–Crippen MR) is 103 cm³/mol. The van der Waals surface area contributed by atoms with E-state index < -0.39 is 0 Å². The molecule has 0 amide bonds. The Morgan fingerprint density at radius 3 is 2.76 bits per heavy atom. The maximum Gasteiger partial charge on any atom is 0.147 e. The third-order valence-corrected chi connectivity index (χ3v) is 5.89. The van der Waals surface area contributed by atoms with E-state index in [1.165, 1.54) is 35.0 Å². The van der Waals surface area contributed by atoms with Crippen molar-refractivity contribution in [1.29, 1.82) is 0 Å².